The number of rotatable bonds is 4. The van der Waals surface area contributed by atoms with Gasteiger partial charge in [0, 0.05) is 73.9 Å². The van der Waals surface area contributed by atoms with Crippen LogP contribution in [0.25, 0.3) is 0 Å². The molecule has 0 spiro atoms. The van der Waals surface area contributed by atoms with Crippen molar-refractivity contribution >= 4 is 22.6 Å². The molecular formula is C21H39N5O2S2. The van der Waals surface area contributed by atoms with Crippen LogP contribution in [-0.4, -0.2) is 129 Å². The van der Waals surface area contributed by atoms with Gasteiger partial charge in [0.05, 0.1) is 13.2 Å². The number of ether oxygens (including phenoxy) is 1. The van der Waals surface area contributed by atoms with Crippen molar-refractivity contribution in [3.63, 3.8) is 0 Å². The first-order valence-corrected chi connectivity index (χ1v) is 14.6. The largest absolute Gasteiger partial charge is 0.379 e. The maximum atomic E-state index is 13.8. The fourth-order valence-electron chi connectivity index (χ4n) is 6.24. The summed E-state index contributed by atoms with van der Waals surface area (Å²) in [5, 5.41) is 5.42. The molecule has 0 radical (unpaired) electrons. The second-order valence-electron chi connectivity index (χ2n) is 9.20. The van der Waals surface area contributed by atoms with E-state index in [-0.39, 0.29) is 11.2 Å². The van der Waals surface area contributed by atoms with Gasteiger partial charge in [0.1, 0.15) is 5.37 Å². The Labute approximate surface area is 188 Å². The summed E-state index contributed by atoms with van der Waals surface area (Å²) >= 11 is 2.07. The van der Waals surface area contributed by atoms with Crippen LogP contribution in [0.5, 0.6) is 0 Å². The van der Waals surface area contributed by atoms with Crippen LogP contribution in [0.4, 0.5) is 0 Å². The Bertz CT molecular complexity index is 570. The molecule has 5 heterocycles. The second kappa shape index (κ2) is 10.0. The van der Waals surface area contributed by atoms with Gasteiger partial charge in [-0.1, -0.05) is 6.42 Å². The maximum Gasteiger partial charge on any atom is 0.172 e. The lowest BCUT2D eigenvalue weighted by atomic mass is 10.0. The normalized spacial score (nSPS) is 39.5. The Morgan fingerprint density at radius 2 is 1.40 bits per heavy atom. The van der Waals surface area contributed by atoms with Gasteiger partial charge in [-0.2, -0.15) is 11.8 Å². The maximum absolute atomic E-state index is 13.8. The quantitative estimate of drug-likeness (QED) is 0.617. The van der Waals surface area contributed by atoms with E-state index in [1.807, 2.05) is 0 Å². The molecule has 9 heteroatoms. The lowest BCUT2D eigenvalue weighted by Crippen LogP contribution is -2.84. The second-order valence-corrected chi connectivity index (χ2v) is 12.0. The summed E-state index contributed by atoms with van der Waals surface area (Å²) in [6.07, 6.45) is 6.33. The number of hydrazine groups is 1. The number of hydrogen-bond donors (Lipinski definition) is 0. The van der Waals surface area contributed by atoms with Gasteiger partial charge in [-0.05, 0) is 38.8 Å². The van der Waals surface area contributed by atoms with Crippen LogP contribution in [0, 0.1) is 0 Å². The molecule has 0 N–H and O–H groups in total. The number of thioether (sulfide) groups is 1. The zero-order valence-corrected chi connectivity index (χ0v) is 20.0. The number of likely N-dealkylation sites (tertiary alicyclic amines) is 2. The van der Waals surface area contributed by atoms with Gasteiger partial charge >= 0.3 is 0 Å². The van der Waals surface area contributed by atoms with E-state index in [1.165, 1.54) is 43.6 Å². The predicted octanol–water partition coefficient (Wildman–Crippen LogP) is 0.908. The minimum Gasteiger partial charge on any atom is -0.379 e. The highest BCUT2D eigenvalue weighted by Crippen LogP contribution is 2.41. The molecule has 0 aromatic heterocycles. The van der Waals surface area contributed by atoms with E-state index in [4.69, 9.17) is 4.74 Å². The lowest BCUT2D eigenvalue weighted by molar-refractivity contribution is -0.275. The summed E-state index contributed by atoms with van der Waals surface area (Å²) < 4.78 is 19.7. The number of morpholine rings is 1. The Kier molecular flexibility index (Phi) is 7.38. The van der Waals surface area contributed by atoms with Gasteiger partial charge in [0.2, 0.25) is 0 Å². The number of nitrogens with zero attached hydrogens (tertiary/aromatic N) is 5. The first-order valence-electron chi connectivity index (χ1n) is 12.1. The van der Waals surface area contributed by atoms with E-state index in [1.54, 1.807) is 0 Å². The lowest BCUT2D eigenvalue weighted by Gasteiger charge is -2.65. The van der Waals surface area contributed by atoms with Crippen LogP contribution < -0.4 is 0 Å². The van der Waals surface area contributed by atoms with Crippen molar-refractivity contribution in [3.05, 3.63) is 0 Å². The molecule has 0 bridgehead atoms. The summed E-state index contributed by atoms with van der Waals surface area (Å²) in [5.41, 5.74) is 0. The van der Waals surface area contributed by atoms with E-state index in [9.17, 15) is 4.21 Å². The minimum atomic E-state index is -0.837. The molecule has 0 aliphatic carbocycles. The van der Waals surface area contributed by atoms with Crippen molar-refractivity contribution in [2.24, 2.45) is 0 Å². The SMILES string of the molecule is O=S1CCN(N2CCSCC2)C(N2CCCCC2)(N2CCOCC2)C1N1CCCC1. The molecule has 172 valence electrons. The summed E-state index contributed by atoms with van der Waals surface area (Å²) in [6.45, 7) is 11.0. The van der Waals surface area contributed by atoms with Crippen LogP contribution in [-0.2, 0) is 15.5 Å². The van der Waals surface area contributed by atoms with Gasteiger partial charge in [-0.15, -0.1) is 0 Å². The topological polar surface area (TPSA) is 42.5 Å². The van der Waals surface area contributed by atoms with Crippen molar-refractivity contribution in [2.45, 2.75) is 43.3 Å². The van der Waals surface area contributed by atoms with Crippen LogP contribution >= 0.6 is 11.8 Å². The summed E-state index contributed by atoms with van der Waals surface area (Å²) in [7, 11) is -0.837. The van der Waals surface area contributed by atoms with Crippen molar-refractivity contribution in [2.75, 3.05) is 89.4 Å². The van der Waals surface area contributed by atoms with Gasteiger partial charge in [-0.25, -0.2) is 10.0 Å². The van der Waals surface area contributed by atoms with E-state index >= 15 is 0 Å². The average molecular weight is 458 g/mol. The van der Waals surface area contributed by atoms with Crippen LogP contribution in [0.3, 0.4) is 0 Å². The first-order chi connectivity index (χ1) is 14.8. The fraction of sp³-hybridized carbons (Fsp3) is 1.00. The standard InChI is InChI=1S/C21H39N5O2S2/c27-30-19-14-26(25-12-17-29-18-13-25)21(23-8-2-1-3-9-23,24-10-15-28-16-11-24)20(30)22-6-4-5-7-22/h20H,1-19H2. The number of piperidine rings is 1. The summed E-state index contributed by atoms with van der Waals surface area (Å²) in [6, 6.07) is 0. The Balaban J connectivity index is 1.61. The molecule has 5 fully saturated rings. The monoisotopic (exact) mass is 457 g/mol. The van der Waals surface area contributed by atoms with E-state index in [0.717, 1.165) is 77.9 Å². The van der Waals surface area contributed by atoms with Gasteiger partial charge in [-0.3, -0.25) is 18.9 Å². The van der Waals surface area contributed by atoms with Crippen LogP contribution in [0.2, 0.25) is 0 Å². The zero-order valence-electron chi connectivity index (χ0n) is 18.4. The molecule has 3 unspecified atom stereocenters. The zero-order chi connectivity index (χ0) is 20.4. The third-order valence-corrected chi connectivity index (χ3v) is 10.2. The fourth-order valence-corrected chi connectivity index (χ4v) is 9.02. The van der Waals surface area contributed by atoms with E-state index in [0.29, 0.717) is 0 Å². The molecule has 0 aromatic rings. The van der Waals surface area contributed by atoms with Gasteiger partial charge < -0.3 is 4.74 Å². The highest BCUT2D eigenvalue weighted by atomic mass is 32.2. The predicted molar refractivity (Wildman–Crippen MR) is 124 cm³/mol. The molecule has 5 rings (SSSR count). The van der Waals surface area contributed by atoms with E-state index in [2.05, 4.69) is 36.5 Å². The highest BCUT2D eigenvalue weighted by Gasteiger charge is 2.61. The van der Waals surface area contributed by atoms with E-state index < -0.39 is 10.8 Å². The molecule has 0 amide bonds. The summed E-state index contributed by atoms with van der Waals surface area (Å²) in [5.74, 6) is 2.91. The van der Waals surface area contributed by atoms with Crippen molar-refractivity contribution in [1.82, 2.24) is 24.7 Å². The minimum absolute atomic E-state index is 0.0690. The smallest absolute Gasteiger partial charge is 0.172 e. The average Bonchev–Trinajstić information content (AvgIpc) is 3.35. The molecule has 5 aliphatic rings. The van der Waals surface area contributed by atoms with Crippen molar-refractivity contribution < 1.29 is 8.95 Å². The molecule has 0 aromatic carbocycles. The van der Waals surface area contributed by atoms with Crippen molar-refractivity contribution in [3.8, 4) is 0 Å². The Morgan fingerprint density at radius 3 is 2.10 bits per heavy atom. The molecular weight excluding hydrogens is 418 g/mol. The van der Waals surface area contributed by atoms with Gasteiger partial charge in [0.15, 0.2) is 5.79 Å². The molecule has 0 saturated carbocycles. The Hall–Kier alpha value is 0.260. The highest BCUT2D eigenvalue weighted by molar-refractivity contribution is 7.99. The molecule has 30 heavy (non-hydrogen) atoms. The molecule has 3 atom stereocenters. The Morgan fingerprint density at radius 1 is 0.767 bits per heavy atom. The molecule has 5 saturated heterocycles. The number of hydrogen-bond acceptors (Lipinski definition) is 8. The van der Waals surface area contributed by atoms with Crippen molar-refractivity contribution in [1.29, 1.82) is 0 Å². The first kappa shape index (κ1) is 22.1. The van der Waals surface area contributed by atoms with Crippen LogP contribution in [0.1, 0.15) is 32.1 Å². The van der Waals surface area contributed by atoms with Crippen LogP contribution in [0.15, 0.2) is 0 Å². The molecule has 7 nitrogen and oxygen atoms in total. The summed E-state index contributed by atoms with van der Waals surface area (Å²) in [4.78, 5) is 8.04. The molecule has 5 aliphatic heterocycles. The third-order valence-electron chi connectivity index (χ3n) is 7.56. The van der Waals surface area contributed by atoms with Gasteiger partial charge in [0.25, 0.3) is 0 Å². The third kappa shape index (κ3) is 4.02.